The summed E-state index contributed by atoms with van der Waals surface area (Å²) >= 11 is 5.98. The van der Waals surface area contributed by atoms with Gasteiger partial charge in [0.25, 0.3) is 0 Å². The standard InChI is InChI=1S/C19H27ClN2O3/c1-22(13-15-9-6-10-16(20)11-15)19(24)21-17(18(23)25-2)12-14-7-4-3-5-8-14/h6,9-11,14,17H,3-5,7-8,12-13H2,1-2H3,(H,21,24). The van der Waals surface area contributed by atoms with Crippen LogP contribution in [0.25, 0.3) is 0 Å². The third-order valence-electron chi connectivity index (χ3n) is 4.73. The van der Waals surface area contributed by atoms with Gasteiger partial charge in [-0.2, -0.15) is 0 Å². The third-order valence-corrected chi connectivity index (χ3v) is 4.97. The molecule has 0 aromatic heterocycles. The highest BCUT2D eigenvalue weighted by Crippen LogP contribution is 2.27. The van der Waals surface area contributed by atoms with E-state index in [1.807, 2.05) is 18.2 Å². The summed E-state index contributed by atoms with van der Waals surface area (Å²) in [5.74, 6) is 0.0893. The first-order chi connectivity index (χ1) is 12.0. The van der Waals surface area contributed by atoms with Crippen molar-refractivity contribution in [2.75, 3.05) is 14.2 Å². The average Bonchev–Trinajstić information content (AvgIpc) is 2.61. The smallest absolute Gasteiger partial charge is 0.328 e. The maximum absolute atomic E-state index is 12.5. The molecule has 0 spiro atoms. The molecule has 1 aliphatic carbocycles. The summed E-state index contributed by atoms with van der Waals surface area (Å²) in [4.78, 5) is 26.1. The lowest BCUT2D eigenvalue weighted by molar-refractivity contribution is -0.143. The highest BCUT2D eigenvalue weighted by atomic mass is 35.5. The molecular formula is C19H27ClN2O3. The first-order valence-electron chi connectivity index (χ1n) is 8.83. The van der Waals surface area contributed by atoms with Gasteiger partial charge in [-0.25, -0.2) is 9.59 Å². The number of esters is 1. The minimum Gasteiger partial charge on any atom is -0.467 e. The van der Waals surface area contributed by atoms with Crippen LogP contribution < -0.4 is 5.32 Å². The van der Waals surface area contributed by atoms with E-state index in [-0.39, 0.29) is 12.0 Å². The number of ether oxygens (including phenoxy) is 1. The van der Waals surface area contributed by atoms with E-state index in [0.717, 1.165) is 18.4 Å². The van der Waals surface area contributed by atoms with Crippen LogP contribution in [-0.4, -0.2) is 37.1 Å². The second-order valence-corrected chi connectivity index (χ2v) is 7.19. The summed E-state index contributed by atoms with van der Waals surface area (Å²) in [5, 5.41) is 3.46. The van der Waals surface area contributed by atoms with Crippen LogP contribution in [0.1, 0.15) is 44.1 Å². The molecule has 1 atom stereocenters. The lowest BCUT2D eigenvalue weighted by Crippen LogP contribution is -2.47. The van der Waals surface area contributed by atoms with E-state index < -0.39 is 6.04 Å². The SMILES string of the molecule is COC(=O)C(CC1CCCCC1)NC(=O)N(C)Cc1cccc(Cl)c1. The highest BCUT2D eigenvalue weighted by Gasteiger charge is 2.27. The van der Waals surface area contributed by atoms with Crippen LogP contribution in [0, 0.1) is 5.92 Å². The maximum Gasteiger partial charge on any atom is 0.328 e. The van der Waals surface area contributed by atoms with Gasteiger partial charge in [0.2, 0.25) is 0 Å². The summed E-state index contributed by atoms with van der Waals surface area (Å²) in [6.45, 7) is 0.420. The average molecular weight is 367 g/mol. The molecule has 0 saturated heterocycles. The number of carbonyl (C=O) groups excluding carboxylic acids is 2. The molecule has 0 heterocycles. The lowest BCUT2D eigenvalue weighted by atomic mass is 9.85. The second kappa shape index (κ2) is 9.66. The summed E-state index contributed by atoms with van der Waals surface area (Å²) in [7, 11) is 3.06. The molecule has 25 heavy (non-hydrogen) atoms. The third kappa shape index (κ3) is 6.24. The monoisotopic (exact) mass is 366 g/mol. The maximum atomic E-state index is 12.5. The molecular weight excluding hydrogens is 340 g/mol. The van der Waals surface area contributed by atoms with Gasteiger partial charge in [-0.15, -0.1) is 0 Å². The number of nitrogens with one attached hydrogen (secondary N) is 1. The minimum absolute atomic E-state index is 0.286. The van der Waals surface area contributed by atoms with E-state index in [0.29, 0.717) is 23.9 Å². The molecule has 1 N–H and O–H groups in total. The first kappa shape index (κ1) is 19.6. The number of hydrogen-bond donors (Lipinski definition) is 1. The van der Waals surface area contributed by atoms with Crippen LogP contribution >= 0.6 is 11.6 Å². The minimum atomic E-state index is -0.595. The summed E-state index contributed by atoms with van der Waals surface area (Å²) < 4.78 is 4.88. The van der Waals surface area contributed by atoms with Crippen molar-refractivity contribution in [1.82, 2.24) is 10.2 Å². The van der Waals surface area contributed by atoms with Crippen LogP contribution in [0.2, 0.25) is 5.02 Å². The molecule has 0 bridgehead atoms. The van der Waals surface area contributed by atoms with Gasteiger partial charge in [0, 0.05) is 18.6 Å². The second-order valence-electron chi connectivity index (χ2n) is 6.75. The number of benzene rings is 1. The number of methoxy groups -OCH3 is 1. The molecule has 1 unspecified atom stereocenters. The summed E-state index contributed by atoms with van der Waals surface area (Å²) in [5.41, 5.74) is 0.937. The van der Waals surface area contributed by atoms with Crippen LogP contribution in [0.15, 0.2) is 24.3 Å². The molecule has 0 radical (unpaired) electrons. The van der Waals surface area contributed by atoms with Crippen LogP contribution in [-0.2, 0) is 16.1 Å². The molecule has 0 aliphatic heterocycles. The van der Waals surface area contributed by atoms with Crippen molar-refractivity contribution < 1.29 is 14.3 Å². The predicted molar refractivity (Wildman–Crippen MR) is 98.4 cm³/mol. The zero-order valence-corrected chi connectivity index (χ0v) is 15.7. The Hall–Kier alpha value is -1.75. The number of halogens is 1. The van der Waals surface area contributed by atoms with Gasteiger partial charge in [-0.1, -0.05) is 55.8 Å². The fraction of sp³-hybridized carbons (Fsp3) is 0.579. The van der Waals surface area contributed by atoms with Crippen molar-refractivity contribution in [2.45, 2.75) is 51.1 Å². The molecule has 1 fully saturated rings. The van der Waals surface area contributed by atoms with Crippen molar-refractivity contribution >= 4 is 23.6 Å². The molecule has 138 valence electrons. The Morgan fingerprint density at radius 1 is 1.32 bits per heavy atom. The Morgan fingerprint density at radius 2 is 2.04 bits per heavy atom. The van der Waals surface area contributed by atoms with Gasteiger partial charge >= 0.3 is 12.0 Å². The van der Waals surface area contributed by atoms with E-state index in [2.05, 4.69) is 5.32 Å². The van der Waals surface area contributed by atoms with Gasteiger partial charge in [0.15, 0.2) is 0 Å². The zero-order valence-electron chi connectivity index (χ0n) is 15.0. The van der Waals surface area contributed by atoms with Gasteiger partial charge in [0.05, 0.1) is 7.11 Å². The Balaban J connectivity index is 1.93. The van der Waals surface area contributed by atoms with Gasteiger partial charge in [-0.3, -0.25) is 0 Å². The number of nitrogens with zero attached hydrogens (tertiary/aromatic N) is 1. The van der Waals surface area contributed by atoms with Gasteiger partial charge in [0.1, 0.15) is 6.04 Å². The summed E-state index contributed by atoms with van der Waals surface area (Å²) in [6.07, 6.45) is 6.52. The van der Waals surface area contributed by atoms with Gasteiger partial charge in [-0.05, 0) is 30.0 Å². The Kier molecular flexibility index (Phi) is 7.56. The normalized spacial score (nSPS) is 16.1. The summed E-state index contributed by atoms with van der Waals surface area (Å²) in [6, 6.07) is 6.50. The first-order valence-corrected chi connectivity index (χ1v) is 9.21. The largest absolute Gasteiger partial charge is 0.467 e. The molecule has 1 aromatic carbocycles. The van der Waals surface area contributed by atoms with Gasteiger partial charge < -0.3 is 15.0 Å². The van der Waals surface area contributed by atoms with Crippen LogP contribution in [0.4, 0.5) is 4.79 Å². The Labute approximate surface area is 154 Å². The molecule has 2 rings (SSSR count). The number of rotatable bonds is 6. The topological polar surface area (TPSA) is 58.6 Å². The highest BCUT2D eigenvalue weighted by molar-refractivity contribution is 6.30. The van der Waals surface area contributed by atoms with Crippen molar-refractivity contribution in [3.63, 3.8) is 0 Å². The van der Waals surface area contributed by atoms with E-state index in [9.17, 15) is 9.59 Å². The predicted octanol–water partition coefficient (Wildman–Crippen LogP) is 3.99. The number of amides is 2. The van der Waals surface area contributed by atoms with E-state index >= 15 is 0 Å². The quantitative estimate of drug-likeness (QED) is 0.774. The zero-order chi connectivity index (χ0) is 18.2. The number of carbonyl (C=O) groups is 2. The fourth-order valence-electron chi connectivity index (χ4n) is 3.35. The van der Waals surface area contributed by atoms with Crippen molar-refractivity contribution in [2.24, 2.45) is 5.92 Å². The lowest BCUT2D eigenvalue weighted by Gasteiger charge is -2.27. The molecule has 2 amide bonds. The number of hydrogen-bond acceptors (Lipinski definition) is 3. The Bertz CT molecular complexity index is 588. The van der Waals surface area contributed by atoms with E-state index in [1.54, 1.807) is 18.0 Å². The van der Waals surface area contributed by atoms with E-state index in [1.165, 1.54) is 26.4 Å². The number of urea groups is 1. The molecule has 1 aromatic rings. The molecule has 1 aliphatic rings. The molecule has 5 nitrogen and oxygen atoms in total. The van der Waals surface area contributed by atoms with Crippen molar-refractivity contribution in [3.05, 3.63) is 34.9 Å². The fourth-order valence-corrected chi connectivity index (χ4v) is 3.57. The Morgan fingerprint density at radius 3 is 2.68 bits per heavy atom. The molecule has 6 heteroatoms. The molecule has 1 saturated carbocycles. The van der Waals surface area contributed by atoms with Crippen molar-refractivity contribution in [3.8, 4) is 0 Å². The van der Waals surface area contributed by atoms with E-state index in [4.69, 9.17) is 16.3 Å². The van der Waals surface area contributed by atoms with Crippen molar-refractivity contribution in [1.29, 1.82) is 0 Å². The van der Waals surface area contributed by atoms with Crippen LogP contribution in [0.5, 0.6) is 0 Å². The van der Waals surface area contributed by atoms with Crippen LogP contribution in [0.3, 0.4) is 0 Å².